The van der Waals surface area contributed by atoms with Gasteiger partial charge in [-0.25, -0.2) is 4.90 Å². The van der Waals surface area contributed by atoms with Crippen molar-refractivity contribution in [3.8, 4) is 0 Å². The van der Waals surface area contributed by atoms with Gasteiger partial charge in [0.05, 0.1) is 28.7 Å². The molecule has 1 aliphatic heterocycles. The van der Waals surface area contributed by atoms with Gasteiger partial charge in [0.25, 0.3) is 0 Å². The molecule has 0 bridgehead atoms. The van der Waals surface area contributed by atoms with Gasteiger partial charge in [-0.05, 0) is 60.7 Å². The first kappa shape index (κ1) is 24.8. The molecule has 1 heterocycles. The van der Waals surface area contributed by atoms with Gasteiger partial charge in [-0.15, -0.1) is 11.8 Å². The molecule has 36 heavy (non-hydrogen) atoms. The van der Waals surface area contributed by atoms with E-state index >= 15 is 0 Å². The van der Waals surface area contributed by atoms with Gasteiger partial charge >= 0.3 is 5.97 Å². The first-order valence-electron chi connectivity index (χ1n) is 11.1. The Hall–Kier alpha value is -4.31. The number of hydrogen-bond donors (Lipinski definition) is 2. The van der Waals surface area contributed by atoms with Crippen molar-refractivity contribution < 1.29 is 24.3 Å². The third-order valence-corrected chi connectivity index (χ3v) is 6.43. The highest BCUT2D eigenvalue weighted by Gasteiger charge is 2.40. The molecule has 1 aliphatic rings. The van der Waals surface area contributed by atoms with Crippen LogP contribution in [0, 0.1) is 0 Å². The van der Waals surface area contributed by atoms with Crippen LogP contribution in [0.1, 0.15) is 19.3 Å². The Kier molecular flexibility index (Phi) is 7.86. The Labute approximate surface area is 211 Å². The van der Waals surface area contributed by atoms with Gasteiger partial charge in [-0.1, -0.05) is 18.2 Å². The molecule has 10 heteroatoms. The van der Waals surface area contributed by atoms with E-state index in [1.165, 1.54) is 16.7 Å². The van der Waals surface area contributed by atoms with Crippen LogP contribution in [0.2, 0.25) is 0 Å². The van der Waals surface area contributed by atoms with Crippen molar-refractivity contribution in [3.05, 3.63) is 78.9 Å². The first-order chi connectivity index (χ1) is 17.4. The third-order valence-electron chi connectivity index (χ3n) is 5.23. The lowest BCUT2D eigenvalue weighted by Crippen LogP contribution is -2.30. The standard InChI is InChI=1S/C26H22N4O5S/c31-23(14-15-25(33)34)27-17-8-12-21(13-9-17)36-22-16-24(32)30(26(22)35)20-10-6-19(7-11-20)29-28-18-4-2-1-3-5-18/h1-13,22H,14-16H2,(H,27,31)(H,33,34)/t22-/m0/s1. The number of azo groups is 1. The summed E-state index contributed by atoms with van der Waals surface area (Å²) in [7, 11) is 0. The van der Waals surface area contributed by atoms with Crippen molar-refractivity contribution in [2.24, 2.45) is 10.2 Å². The zero-order valence-electron chi connectivity index (χ0n) is 19.0. The number of carbonyl (C=O) groups is 4. The van der Waals surface area contributed by atoms with Crippen LogP contribution in [0.5, 0.6) is 0 Å². The molecule has 0 saturated carbocycles. The highest BCUT2D eigenvalue weighted by Crippen LogP contribution is 2.35. The minimum atomic E-state index is -1.04. The van der Waals surface area contributed by atoms with E-state index in [9.17, 15) is 19.2 Å². The monoisotopic (exact) mass is 502 g/mol. The number of rotatable bonds is 9. The summed E-state index contributed by atoms with van der Waals surface area (Å²) < 4.78 is 0. The molecule has 182 valence electrons. The maximum Gasteiger partial charge on any atom is 0.303 e. The summed E-state index contributed by atoms with van der Waals surface area (Å²) in [4.78, 5) is 49.9. The van der Waals surface area contributed by atoms with E-state index in [0.29, 0.717) is 17.1 Å². The molecule has 3 aromatic rings. The van der Waals surface area contributed by atoms with Gasteiger partial charge in [0, 0.05) is 23.4 Å². The summed E-state index contributed by atoms with van der Waals surface area (Å²) in [6.45, 7) is 0. The van der Waals surface area contributed by atoms with Crippen molar-refractivity contribution in [3.63, 3.8) is 0 Å². The highest BCUT2D eigenvalue weighted by molar-refractivity contribution is 8.00. The largest absolute Gasteiger partial charge is 0.481 e. The highest BCUT2D eigenvalue weighted by atomic mass is 32.2. The Bertz CT molecular complexity index is 1290. The molecule has 3 aromatic carbocycles. The molecule has 1 fully saturated rings. The minimum Gasteiger partial charge on any atom is -0.481 e. The Morgan fingerprint density at radius 2 is 1.53 bits per heavy atom. The van der Waals surface area contributed by atoms with E-state index in [0.717, 1.165) is 10.6 Å². The van der Waals surface area contributed by atoms with Crippen LogP contribution in [0.15, 0.2) is 94.0 Å². The van der Waals surface area contributed by atoms with E-state index in [1.807, 2.05) is 30.3 Å². The van der Waals surface area contributed by atoms with E-state index in [2.05, 4.69) is 15.5 Å². The molecule has 1 atom stereocenters. The van der Waals surface area contributed by atoms with Gasteiger partial charge in [-0.3, -0.25) is 19.2 Å². The fourth-order valence-electron chi connectivity index (χ4n) is 3.47. The molecule has 3 amide bonds. The van der Waals surface area contributed by atoms with Crippen molar-refractivity contribution in [1.82, 2.24) is 0 Å². The summed E-state index contributed by atoms with van der Waals surface area (Å²) in [6, 6.07) is 22.9. The van der Waals surface area contributed by atoms with E-state index in [4.69, 9.17) is 5.11 Å². The molecular formula is C26H22N4O5S. The minimum absolute atomic E-state index is 0.0760. The number of anilines is 2. The fraction of sp³-hybridized carbons (Fsp3) is 0.154. The number of imide groups is 1. The van der Waals surface area contributed by atoms with Gasteiger partial charge in [0.2, 0.25) is 17.7 Å². The van der Waals surface area contributed by atoms with E-state index in [-0.39, 0.29) is 31.1 Å². The lowest BCUT2D eigenvalue weighted by molar-refractivity contribution is -0.138. The van der Waals surface area contributed by atoms with Gasteiger partial charge in [0.15, 0.2) is 0 Å². The van der Waals surface area contributed by atoms with Gasteiger partial charge in [0.1, 0.15) is 0 Å². The Morgan fingerprint density at radius 1 is 0.889 bits per heavy atom. The summed E-state index contributed by atoms with van der Waals surface area (Å²) >= 11 is 1.28. The lowest BCUT2D eigenvalue weighted by atomic mass is 10.2. The quantitative estimate of drug-likeness (QED) is 0.301. The summed E-state index contributed by atoms with van der Waals surface area (Å²) in [5.41, 5.74) is 2.32. The molecular weight excluding hydrogens is 480 g/mol. The van der Waals surface area contributed by atoms with Crippen LogP contribution in [-0.4, -0.2) is 34.0 Å². The second kappa shape index (κ2) is 11.4. The van der Waals surface area contributed by atoms with Crippen molar-refractivity contribution in [1.29, 1.82) is 0 Å². The molecule has 0 radical (unpaired) electrons. The van der Waals surface area contributed by atoms with Crippen LogP contribution < -0.4 is 10.2 Å². The number of carboxylic acids is 1. The zero-order chi connectivity index (χ0) is 25.5. The topological polar surface area (TPSA) is 128 Å². The second-order valence-electron chi connectivity index (χ2n) is 7.90. The maximum atomic E-state index is 13.0. The zero-order valence-corrected chi connectivity index (χ0v) is 19.9. The summed E-state index contributed by atoms with van der Waals surface area (Å²) in [6.07, 6.45) is -0.279. The second-order valence-corrected chi connectivity index (χ2v) is 9.17. The molecule has 9 nitrogen and oxygen atoms in total. The molecule has 4 rings (SSSR count). The smallest absolute Gasteiger partial charge is 0.303 e. The lowest BCUT2D eigenvalue weighted by Gasteiger charge is -2.15. The number of thioether (sulfide) groups is 1. The van der Waals surface area contributed by atoms with Crippen LogP contribution >= 0.6 is 11.8 Å². The average Bonchev–Trinajstić information content (AvgIpc) is 3.16. The number of carboxylic acid groups (broad SMARTS) is 1. The number of carbonyl (C=O) groups excluding carboxylic acids is 3. The number of amides is 3. The number of nitrogens with one attached hydrogen (secondary N) is 1. The fourth-order valence-corrected chi connectivity index (χ4v) is 4.52. The molecule has 1 saturated heterocycles. The molecule has 0 spiro atoms. The van der Waals surface area contributed by atoms with E-state index < -0.39 is 17.1 Å². The Morgan fingerprint density at radius 3 is 2.17 bits per heavy atom. The maximum absolute atomic E-state index is 13.0. The average molecular weight is 503 g/mol. The van der Waals surface area contributed by atoms with Crippen LogP contribution in [0.25, 0.3) is 0 Å². The normalized spacial score (nSPS) is 15.4. The van der Waals surface area contributed by atoms with Crippen molar-refractivity contribution in [2.75, 3.05) is 10.2 Å². The number of benzene rings is 3. The molecule has 0 aliphatic carbocycles. The SMILES string of the molecule is O=C(O)CCC(=O)Nc1ccc(S[C@H]2CC(=O)N(c3ccc(N=Nc4ccccc4)cc3)C2=O)cc1. The Balaban J connectivity index is 1.35. The molecule has 0 aromatic heterocycles. The van der Waals surface area contributed by atoms with E-state index in [1.54, 1.807) is 48.5 Å². The van der Waals surface area contributed by atoms with Gasteiger partial charge in [-0.2, -0.15) is 10.2 Å². The molecule has 0 unspecified atom stereocenters. The predicted molar refractivity (Wildman–Crippen MR) is 136 cm³/mol. The number of nitrogens with zero attached hydrogens (tertiary/aromatic N) is 3. The van der Waals surface area contributed by atoms with Crippen molar-refractivity contribution >= 4 is 58.2 Å². The summed E-state index contributed by atoms with van der Waals surface area (Å²) in [5.74, 6) is -2.00. The first-order valence-corrected chi connectivity index (χ1v) is 12.0. The van der Waals surface area contributed by atoms with Crippen LogP contribution in [0.3, 0.4) is 0 Å². The third kappa shape index (κ3) is 6.42. The van der Waals surface area contributed by atoms with Crippen molar-refractivity contribution in [2.45, 2.75) is 29.4 Å². The van der Waals surface area contributed by atoms with Crippen LogP contribution in [-0.2, 0) is 19.2 Å². The van der Waals surface area contributed by atoms with Gasteiger partial charge < -0.3 is 10.4 Å². The number of aliphatic carboxylic acids is 1. The summed E-state index contributed by atoms with van der Waals surface area (Å²) in [5, 5.41) is 19.1. The number of hydrogen-bond acceptors (Lipinski definition) is 7. The molecule has 2 N–H and O–H groups in total. The van der Waals surface area contributed by atoms with Crippen LogP contribution in [0.4, 0.5) is 22.7 Å². The predicted octanol–water partition coefficient (Wildman–Crippen LogP) is 5.33.